The molecule has 1 aromatic carbocycles. The zero-order chi connectivity index (χ0) is 20.0. The zero-order valence-electron chi connectivity index (χ0n) is 16.0. The summed E-state index contributed by atoms with van der Waals surface area (Å²) in [6.07, 6.45) is 10.5. The number of carbonyl (C=O) groups excluding carboxylic acids is 1. The van der Waals surface area contributed by atoms with Crippen molar-refractivity contribution in [1.82, 2.24) is 9.62 Å². The standard InChI is InChI=1S/C21H26N2O4S/c1-23(18-6-3-2-4-7-18)21(24)14-11-17-9-12-20(13-10-17)28(25,26)22-16-19-8-5-15-27-19/h5,8-15,18,22H,2-4,6-7,16H2,1H3/b14-11+. The van der Waals surface area contributed by atoms with Gasteiger partial charge in [-0.15, -0.1) is 0 Å². The number of benzene rings is 1. The molecule has 1 aromatic heterocycles. The van der Waals surface area contributed by atoms with Gasteiger partial charge < -0.3 is 9.32 Å². The first-order chi connectivity index (χ1) is 13.5. The Kier molecular flexibility index (Phi) is 6.70. The van der Waals surface area contributed by atoms with Crippen molar-refractivity contribution in [1.29, 1.82) is 0 Å². The van der Waals surface area contributed by atoms with Gasteiger partial charge in [-0.1, -0.05) is 31.4 Å². The van der Waals surface area contributed by atoms with Crippen molar-refractivity contribution in [2.45, 2.75) is 49.6 Å². The van der Waals surface area contributed by atoms with E-state index >= 15 is 0 Å². The van der Waals surface area contributed by atoms with Crippen molar-refractivity contribution in [2.75, 3.05) is 7.05 Å². The third kappa shape index (κ3) is 5.33. The Morgan fingerprint density at radius 1 is 1.18 bits per heavy atom. The van der Waals surface area contributed by atoms with E-state index in [1.54, 1.807) is 36.4 Å². The Morgan fingerprint density at radius 2 is 1.89 bits per heavy atom. The summed E-state index contributed by atoms with van der Waals surface area (Å²) in [7, 11) is -1.77. The van der Waals surface area contributed by atoms with Crippen molar-refractivity contribution in [3.8, 4) is 0 Å². The van der Waals surface area contributed by atoms with E-state index in [4.69, 9.17) is 4.42 Å². The third-order valence-electron chi connectivity index (χ3n) is 5.10. The number of carbonyl (C=O) groups is 1. The Balaban J connectivity index is 1.58. The zero-order valence-corrected chi connectivity index (χ0v) is 16.8. The molecule has 0 unspecified atom stereocenters. The average Bonchev–Trinajstić information content (AvgIpc) is 3.25. The maximum Gasteiger partial charge on any atom is 0.246 e. The lowest BCUT2D eigenvalue weighted by molar-refractivity contribution is -0.127. The number of furan rings is 1. The maximum atomic E-state index is 12.4. The van der Waals surface area contributed by atoms with Gasteiger partial charge in [0.2, 0.25) is 15.9 Å². The van der Waals surface area contributed by atoms with Crippen LogP contribution in [-0.2, 0) is 21.4 Å². The second kappa shape index (κ2) is 9.21. The van der Waals surface area contributed by atoms with Crippen LogP contribution in [0.4, 0.5) is 0 Å². The molecule has 1 aliphatic carbocycles. The van der Waals surface area contributed by atoms with Crippen LogP contribution in [0.25, 0.3) is 6.08 Å². The predicted octanol–water partition coefficient (Wildman–Crippen LogP) is 3.56. The van der Waals surface area contributed by atoms with Crippen LogP contribution in [0, 0.1) is 0 Å². The number of likely N-dealkylation sites (N-methyl/N-ethyl adjacent to an activating group) is 1. The Bertz CT molecular complexity index is 896. The molecular formula is C21H26N2O4S. The normalized spacial score (nSPS) is 15.8. The lowest BCUT2D eigenvalue weighted by Gasteiger charge is -2.30. The highest BCUT2D eigenvalue weighted by Gasteiger charge is 2.20. The fourth-order valence-corrected chi connectivity index (χ4v) is 4.35. The smallest absolute Gasteiger partial charge is 0.246 e. The molecular weight excluding hydrogens is 376 g/mol. The number of amides is 1. The summed E-state index contributed by atoms with van der Waals surface area (Å²) in [6, 6.07) is 10.2. The van der Waals surface area contributed by atoms with Crippen LogP contribution >= 0.6 is 0 Å². The Labute approximate surface area is 166 Å². The van der Waals surface area contributed by atoms with Crippen LogP contribution in [-0.4, -0.2) is 32.3 Å². The van der Waals surface area contributed by atoms with Crippen LogP contribution in [0.1, 0.15) is 43.4 Å². The second-order valence-corrected chi connectivity index (χ2v) is 8.81. The largest absolute Gasteiger partial charge is 0.468 e. The van der Waals surface area contributed by atoms with Gasteiger partial charge in [-0.3, -0.25) is 4.79 Å². The number of hydrogen-bond acceptors (Lipinski definition) is 4. The van der Waals surface area contributed by atoms with Crippen molar-refractivity contribution < 1.29 is 17.6 Å². The van der Waals surface area contributed by atoms with Crippen molar-refractivity contribution in [3.63, 3.8) is 0 Å². The molecule has 0 bridgehead atoms. The summed E-state index contributed by atoms with van der Waals surface area (Å²) in [5.41, 5.74) is 0.773. The second-order valence-electron chi connectivity index (χ2n) is 7.05. The molecule has 1 aliphatic rings. The van der Waals surface area contributed by atoms with Crippen LogP contribution in [0.3, 0.4) is 0 Å². The molecule has 0 aliphatic heterocycles. The summed E-state index contributed by atoms with van der Waals surface area (Å²) < 4.78 is 32.3. The van der Waals surface area contributed by atoms with Gasteiger partial charge in [-0.25, -0.2) is 13.1 Å². The van der Waals surface area contributed by atoms with Gasteiger partial charge >= 0.3 is 0 Å². The summed E-state index contributed by atoms with van der Waals surface area (Å²) in [5, 5.41) is 0. The highest BCUT2D eigenvalue weighted by molar-refractivity contribution is 7.89. The van der Waals surface area contributed by atoms with Gasteiger partial charge in [0.05, 0.1) is 17.7 Å². The summed E-state index contributed by atoms with van der Waals surface area (Å²) in [6.45, 7) is 0.0962. The quantitative estimate of drug-likeness (QED) is 0.718. The fraction of sp³-hybridized carbons (Fsp3) is 0.381. The number of rotatable bonds is 7. The Morgan fingerprint density at radius 3 is 2.54 bits per heavy atom. The number of nitrogens with zero attached hydrogens (tertiary/aromatic N) is 1. The molecule has 2 aromatic rings. The molecule has 0 saturated heterocycles. The number of hydrogen-bond donors (Lipinski definition) is 1. The lowest BCUT2D eigenvalue weighted by atomic mass is 9.94. The van der Waals surface area contributed by atoms with Crippen molar-refractivity contribution in [3.05, 3.63) is 60.1 Å². The third-order valence-corrected chi connectivity index (χ3v) is 6.51. The van der Waals surface area contributed by atoms with E-state index in [9.17, 15) is 13.2 Å². The summed E-state index contributed by atoms with van der Waals surface area (Å²) >= 11 is 0. The van der Waals surface area contributed by atoms with Crippen LogP contribution in [0.15, 0.2) is 58.1 Å². The first-order valence-corrected chi connectivity index (χ1v) is 11.0. The summed E-state index contributed by atoms with van der Waals surface area (Å²) in [5.74, 6) is 0.521. The van der Waals surface area contributed by atoms with E-state index in [1.807, 2.05) is 11.9 Å². The minimum Gasteiger partial charge on any atom is -0.468 e. The molecule has 3 rings (SSSR count). The molecule has 7 heteroatoms. The molecule has 1 N–H and O–H groups in total. The molecule has 0 radical (unpaired) electrons. The van der Waals surface area contributed by atoms with Gasteiger partial charge in [0.15, 0.2) is 0 Å². The lowest BCUT2D eigenvalue weighted by Crippen LogP contribution is -2.37. The van der Waals surface area contributed by atoms with E-state index in [0.29, 0.717) is 11.8 Å². The van der Waals surface area contributed by atoms with E-state index in [-0.39, 0.29) is 17.3 Å². The van der Waals surface area contributed by atoms with Crippen LogP contribution in [0.5, 0.6) is 0 Å². The van der Waals surface area contributed by atoms with Crippen LogP contribution < -0.4 is 4.72 Å². The fourth-order valence-electron chi connectivity index (χ4n) is 3.35. The molecule has 1 fully saturated rings. The van der Waals surface area contributed by atoms with Crippen molar-refractivity contribution >= 4 is 22.0 Å². The molecule has 0 spiro atoms. The monoisotopic (exact) mass is 402 g/mol. The van der Waals surface area contributed by atoms with Gasteiger partial charge in [0.1, 0.15) is 5.76 Å². The number of sulfonamides is 1. The molecule has 1 amide bonds. The van der Waals surface area contributed by atoms with E-state index in [0.717, 1.165) is 18.4 Å². The topological polar surface area (TPSA) is 79.6 Å². The highest BCUT2D eigenvalue weighted by atomic mass is 32.2. The minimum atomic E-state index is -3.62. The Hall–Kier alpha value is -2.38. The van der Waals surface area contributed by atoms with Crippen molar-refractivity contribution in [2.24, 2.45) is 0 Å². The van der Waals surface area contributed by atoms with Gasteiger partial charge in [-0.2, -0.15) is 0 Å². The maximum absolute atomic E-state index is 12.4. The highest BCUT2D eigenvalue weighted by Crippen LogP contribution is 2.22. The molecule has 1 saturated carbocycles. The first kappa shape index (κ1) is 20.4. The first-order valence-electron chi connectivity index (χ1n) is 9.53. The number of nitrogens with one attached hydrogen (secondary N) is 1. The van der Waals surface area contributed by atoms with Gasteiger partial charge in [0.25, 0.3) is 0 Å². The molecule has 150 valence electrons. The van der Waals surface area contributed by atoms with Crippen LogP contribution in [0.2, 0.25) is 0 Å². The van der Waals surface area contributed by atoms with Gasteiger partial charge in [0, 0.05) is 19.2 Å². The summed E-state index contributed by atoms with van der Waals surface area (Å²) in [4.78, 5) is 14.3. The average molecular weight is 403 g/mol. The van der Waals surface area contributed by atoms with Gasteiger partial charge in [-0.05, 0) is 48.7 Å². The van der Waals surface area contributed by atoms with E-state index < -0.39 is 10.0 Å². The molecule has 1 heterocycles. The predicted molar refractivity (Wildman–Crippen MR) is 108 cm³/mol. The molecule has 0 atom stereocenters. The van der Waals surface area contributed by atoms with E-state index in [2.05, 4.69) is 4.72 Å². The molecule has 28 heavy (non-hydrogen) atoms. The van der Waals surface area contributed by atoms with E-state index in [1.165, 1.54) is 37.7 Å². The SMILES string of the molecule is CN(C(=O)/C=C/c1ccc(S(=O)(=O)NCc2ccco2)cc1)C1CCCCC1. The minimum absolute atomic E-state index is 0.0243. The molecule has 6 nitrogen and oxygen atoms in total.